The molecule has 0 saturated heterocycles. The molecule has 0 radical (unpaired) electrons. The van der Waals surface area contributed by atoms with Crippen LogP contribution < -0.4 is 21.7 Å². The highest BCUT2D eigenvalue weighted by Gasteiger charge is 2.26. The molecule has 0 fully saturated rings. The average molecular weight is 408 g/mol. The molecular formula is C18H24N4O7. The second-order valence-electron chi connectivity index (χ2n) is 6.31. The van der Waals surface area contributed by atoms with Gasteiger partial charge in [0.25, 0.3) is 0 Å². The van der Waals surface area contributed by atoms with Crippen LogP contribution >= 0.6 is 0 Å². The molecule has 0 aromatic heterocycles. The van der Waals surface area contributed by atoms with Crippen molar-refractivity contribution in [3.8, 4) is 0 Å². The van der Waals surface area contributed by atoms with Crippen molar-refractivity contribution in [1.82, 2.24) is 16.0 Å². The Labute approximate surface area is 166 Å². The minimum atomic E-state index is -1.43. The van der Waals surface area contributed by atoms with Gasteiger partial charge in [-0.25, -0.2) is 4.79 Å². The fraction of sp³-hybridized carbons (Fsp3) is 0.389. The summed E-state index contributed by atoms with van der Waals surface area (Å²) >= 11 is 0. The molecule has 0 spiro atoms. The summed E-state index contributed by atoms with van der Waals surface area (Å²) in [6.45, 7) is 0.763. The molecule has 0 aliphatic carbocycles. The van der Waals surface area contributed by atoms with Crippen molar-refractivity contribution in [3.05, 3.63) is 35.9 Å². The van der Waals surface area contributed by atoms with Crippen molar-refractivity contribution in [2.45, 2.75) is 37.9 Å². The summed E-state index contributed by atoms with van der Waals surface area (Å²) in [5, 5.41) is 24.8. The van der Waals surface area contributed by atoms with Gasteiger partial charge < -0.3 is 31.9 Å². The summed E-state index contributed by atoms with van der Waals surface area (Å²) in [6, 6.07) is 5.04. The third kappa shape index (κ3) is 8.84. The van der Waals surface area contributed by atoms with E-state index in [-0.39, 0.29) is 6.42 Å². The zero-order valence-corrected chi connectivity index (χ0v) is 15.8. The van der Waals surface area contributed by atoms with Crippen molar-refractivity contribution in [2.24, 2.45) is 5.73 Å². The largest absolute Gasteiger partial charge is 0.481 e. The van der Waals surface area contributed by atoms with Crippen LogP contribution in [0.5, 0.6) is 0 Å². The summed E-state index contributed by atoms with van der Waals surface area (Å²) in [6.07, 6.45) is -0.667. The van der Waals surface area contributed by atoms with Gasteiger partial charge in [-0.05, 0) is 12.5 Å². The van der Waals surface area contributed by atoms with E-state index in [1.54, 1.807) is 30.3 Å². The second-order valence-corrected chi connectivity index (χ2v) is 6.31. The highest BCUT2D eigenvalue weighted by atomic mass is 16.4. The van der Waals surface area contributed by atoms with Gasteiger partial charge in [-0.3, -0.25) is 19.2 Å². The fourth-order valence-electron chi connectivity index (χ4n) is 2.27. The number of amides is 3. The first-order valence-corrected chi connectivity index (χ1v) is 8.71. The lowest BCUT2D eigenvalue weighted by Crippen LogP contribution is -2.53. The van der Waals surface area contributed by atoms with Crippen LogP contribution in [0.3, 0.4) is 0 Å². The Morgan fingerprint density at radius 1 is 0.966 bits per heavy atom. The van der Waals surface area contributed by atoms with Gasteiger partial charge in [0.15, 0.2) is 0 Å². The van der Waals surface area contributed by atoms with E-state index in [4.69, 9.17) is 10.8 Å². The standard InChI is InChI=1S/C18H24N4O7/c1-10(19)16(26)22-12(8-15(24)25)17(27)20-9-14(23)21-13(18(28)29)7-11-5-3-2-4-6-11/h2-6,10,12-13H,7-9,19H2,1H3,(H,20,27)(H,21,23)(H,22,26)(H,24,25)(H,28,29). The van der Waals surface area contributed by atoms with E-state index in [0.29, 0.717) is 5.56 Å². The SMILES string of the molecule is CC(N)C(=O)NC(CC(=O)O)C(=O)NCC(=O)NC(Cc1ccccc1)C(=O)O. The first kappa shape index (κ1) is 23.6. The molecule has 3 atom stereocenters. The van der Waals surface area contributed by atoms with Gasteiger partial charge in [0.05, 0.1) is 19.0 Å². The number of hydrogen-bond donors (Lipinski definition) is 6. The third-order valence-electron chi connectivity index (χ3n) is 3.76. The van der Waals surface area contributed by atoms with Gasteiger partial charge in [-0.1, -0.05) is 30.3 Å². The Hall–Kier alpha value is -3.47. The van der Waals surface area contributed by atoms with Crippen molar-refractivity contribution in [1.29, 1.82) is 0 Å². The molecule has 7 N–H and O–H groups in total. The molecule has 11 nitrogen and oxygen atoms in total. The lowest BCUT2D eigenvalue weighted by atomic mass is 10.1. The van der Waals surface area contributed by atoms with E-state index >= 15 is 0 Å². The molecule has 3 amide bonds. The molecule has 0 aliphatic rings. The smallest absolute Gasteiger partial charge is 0.326 e. The molecule has 0 aliphatic heterocycles. The average Bonchev–Trinajstić information content (AvgIpc) is 2.65. The van der Waals surface area contributed by atoms with Gasteiger partial charge in [0.1, 0.15) is 12.1 Å². The van der Waals surface area contributed by atoms with Crippen LogP contribution in [0.4, 0.5) is 0 Å². The Kier molecular flexibility index (Phi) is 9.26. The maximum Gasteiger partial charge on any atom is 0.326 e. The Bertz CT molecular complexity index is 752. The minimum absolute atomic E-state index is 0.0436. The predicted molar refractivity (Wildman–Crippen MR) is 101 cm³/mol. The second kappa shape index (κ2) is 11.4. The number of nitrogens with one attached hydrogen (secondary N) is 3. The maximum absolute atomic E-state index is 12.1. The summed E-state index contributed by atoms with van der Waals surface area (Å²) in [5.41, 5.74) is 6.07. The number of rotatable bonds is 11. The molecule has 0 bridgehead atoms. The fourth-order valence-corrected chi connectivity index (χ4v) is 2.27. The number of hydrogen-bond acceptors (Lipinski definition) is 6. The number of benzene rings is 1. The van der Waals surface area contributed by atoms with Crippen molar-refractivity contribution in [2.75, 3.05) is 6.54 Å². The lowest BCUT2D eigenvalue weighted by Gasteiger charge is -2.19. The highest BCUT2D eigenvalue weighted by Crippen LogP contribution is 2.03. The van der Waals surface area contributed by atoms with Gasteiger partial charge in [-0.2, -0.15) is 0 Å². The van der Waals surface area contributed by atoms with E-state index in [9.17, 15) is 29.1 Å². The normalized spacial score (nSPS) is 13.4. The van der Waals surface area contributed by atoms with Crippen LogP contribution in [0, 0.1) is 0 Å². The van der Waals surface area contributed by atoms with Gasteiger partial charge in [0, 0.05) is 6.42 Å². The molecule has 0 saturated carbocycles. The lowest BCUT2D eigenvalue weighted by molar-refractivity contribution is -0.142. The molecule has 3 unspecified atom stereocenters. The molecule has 11 heteroatoms. The summed E-state index contributed by atoms with van der Waals surface area (Å²) in [7, 11) is 0. The van der Waals surface area contributed by atoms with Crippen molar-refractivity contribution in [3.63, 3.8) is 0 Å². The summed E-state index contributed by atoms with van der Waals surface area (Å²) in [4.78, 5) is 58.0. The quantitative estimate of drug-likeness (QED) is 0.248. The number of carbonyl (C=O) groups excluding carboxylic acids is 3. The Morgan fingerprint density at radius 3 is 2.10 bits per heavy atom. The van der Waals surface area contributed by atoms with Crippen LogP contribution in [0.15, 0.2) is 30.3 Å². The zero-order chi connectivity index (χ0) is 22.0. The molecule has 1 aromatic carbocycles. The van der Waals surface area contributed by atoms with Crippen molar-refractivity contribution >= 4 is 29.7 Å². The van der Waals surface area contributed by atoms with E-state index in [1.807, 2.05) is 0 Å². The first-order valence-electron chi connectivity index (χ1n) is 8.71. The van der Waals surface area contributed by atoms with Crippen molar-refractivity contribution < 1.29 is 34.2 Å². The molecule has 1 rings (SSSR count). The van der Waals surface area contributed by atoms with Crippen LogP contribution in [0.1, 0.15) is 18.9 Å². The van der Waals surface area contributed by atoms with Gasteiger partial charge >= 0.3 is 11.9 Å². The highest BCUT2D eigenvalue weighted by molar-refractivity contribution is 5.94. The molecule has 1 aromatic rings. The van der Waals surface area contributed by atoms with Crippen LogP contribution in [-0.4, -0.2) is 64.5 Å². The Morgan fingerprint density at radius 2 is 1.59 bits per heavy atom. The molecule has 29 heavy (non-hydrogen) atoms. The van der Waals surface area contributed by atoms with Crippen LogP contribution in [-0.2, 0) is 30.4 Å². The van der Waals surface area contributed by atoms with Crippen LogP contribution in [0.25, 0.3) is 0 Å². The minimum Gasteiger partial charge on any atom is -0.481 e. The van der Waals surface area contributed by atoms with Gasteiger partial charge in [-0.15, -0.1) is 0 Å². The van der Waals surface area contributed by atoms with Gasteiger partial charge in [0.2, 0.25) is 17.7 Å². The molecule has 158 valence electrons. The molecule has 0 heterocycles. The third-order valence-corrected chi connectivity index (χ3v) is 3.76. The van der Waals surface area contributed by atoms with E-state index < -0.39 is 60.8 Å². The molecular weight excluding hydrogens is 384 g/mol. The van der Waals surface area contributed by atoms with E-state index in [1.165, 1.54) is 6.92 Å². The van der Waals surface area contributed by atoms with Crippen LogP contribution in [0.2, 0.25) is 0 Å². The number of carboxylic acid groups (broad SMARTS) is 2. The Balaban J connectivity index is 2.64. The van der Waals surface area contributed by atoms with E-state index in [2.05, 4.69) is 16.0 Å². The number of carboxylic acids is 2. The van der Waals surface area contributed by atoms with E-state index in [0.717, 1.165) is 0 Å². The first-order chi connectivity index (χ1) is 13.6. The maximum atomic E-state index is 12.1. The summed E-state index contributed by atoms with van der Waals surface area (Å²) in [5.74, 6) is -5.01. The predicted octanol–water partition coefficient (Wildman–Crippen LogP) is -1.78. The summed E-state index contributed by atoms with van der Waals surface area (Å²) < 4.78 is 0. The number of carbonyl (C=O) groups is 5. The monoisotopic (exact) mass is 408 g/mol. The zero-order valence-electron chi connectivity index (χ0n) is 15.8. The number of nitrogens with two attached hydrogens (primary N) is 1. The topological polar surface area (TPSA) is 188 Å². The number of aliphatic carboxylic acids is 2.